The van der Waals surface area contributed by atoms with Crippen LogP contribution in [0.3, 0.4) is 0 Å². The Hall–Kier alpha value is -2.88. The summed E-state index contributed by atoms with van der Waals surface area (Å²) in [5.41, 5.74) is 6.56. The first-order valence-corrected chi connectivity index (χ1v) is 9.72. The molecule has 10 heteroatoms. The average Bonchev–Trinajstić information content (AvgIpc) is 3.03. The molecule has 0 saturated carbocycles. The number of nitrogens with one attached hydrogen (secondary N) is 1. The zero-order valence-electron chi connectivity index (χ0n) is 15.0. The number of amides is 1. The number of rotatable bonds is 3. The van der Waals surface area contributed by atoms with Crippen molar-refractivity contribution in [3.05, 3.63) is 56.7 Å². The standard InChI is InChI=1S/C18H19BrN6O3/c19-14-13-16(26)22-17(20)23-25(13)15(21-14)12-7-4-8-24(9-12)18(27)28-10-11-5-2-1-3-6-11/h1-3,5-6,12H,4,7-10H2,(H3,20,22,23,26). The first kappa shape index (κ1) is 18.5. The van der Waals surface area contributed by atoms with Gasteiger partial charge >= 0.3 is 6.09 Å². The fourth-order valence-electron chi connectivity index (χ4n) is 3.43. The average molecular weight is 447 g/mol. The van der Waals surface area contributed by atoms with E-state index in [1.807, 2.05) is 30.3 Å². The number of aromatic nitrogens is 4. The first-order valence-electron chi connectivity index (χ1n) is 8.92. The van der Waals surface area contributed by atoms with Crippen LogP contribution in [0.2, 0.25) is 0 Å². The second-order valence-electron chi connectivity index (χ2n) is 6.69. The molecule has 0 bridgehead atoms. The second-order valence-corrected chi connectivity index (χ2v) is 7.44. The summed E-state index contributed by atoms with van der Waals surface area (Å²) in [6, 6.07) is 9.55. The number of ether oxygens (including phenoxy) is 1. The highest BCUT2D eigenvalue weighted by atomic mass is 79.9. The summed E-state index contributed by atoms with van der Waals surface area (Å²) in [5.74, 6) is 0.532. The highest BCUT2D eigenvalue weighted by molar-refractivity contribution is 9.10. The fourth-order valence-corrected chi connectivity index (χ4v) is 3.96. The van der Waals surface area contributed by atoms with E-state index in [-0.39, 0.29) is 30.1 Å². The number of carbonyl (C=O) groups is 1. The Bertz CT molecular complexity index is 1060. The number of likely N-dealkylation sites (tertiary alicyclic amines) is 1. The Morgan fingerprint density at radius 3 is 2.93 bits per heavy atom. The summed E-state index contributed by atoms with van der Waals surface area (Å²) in [6.07, 6.45) is 1.26. The Balaban J connectivity index is 1.52. The van der Waals surface area contributed by atoms with Crippen LogP contribution in [0.1, 0.15) is 30.1 Å². The summed E-state index contributed by atoms with van der Waals surface area (Å²) in [4.78, 5) is 33.3. The SMILES string of the molecule is Nc1nn2c(C3CCCN(C(=O)OCc4ccccc4)C3)nc(Br)c2c(=O)[nH]1. The minimum atomic E-state index is -0.368. The Morgan fingerprint density at radius 1 is 1.36 bits per heavy atom. The number of fused-ring (bicyclic) bond motifs is 1. The van der Waals surface area contributed by atoms with Gasteiger partial charge in [-0.15, -0.1) is 5.10 Å². The van der Waals surface area contributed by atoms with Gasteiger partial charge in [-0.1, -0.05) is 30.3 Å². The van der Waals surface area contributed by atoms with Gasteiger partial charge in [0, 0.05) is 19.0 Å². The van der Waals surface area contributed by atoms with E-state index in [1.54, 1.807) is 4.90 Å². The van der Waals surface area contributed by atoms with Gasteiger partial charge in [0.15, 0.2) is 5.52 Å². The molecule has 0 spiro atoms. The molecule has 3 aromatic rings. The Kier molecular flexibility index (Phi) is 5.03. The Morgan fingerprint density at radius 2 is 2.14 bits per heavy atom. The molecule has 1 unspecified atom stereocenters. The van der Waals surface area contributed by atoms with Gasteiger partial charge in [-0.05, 0) is 34.3 Å². The molecule has 4 rings (SSSR count). The van der Waals surface area contributed by atoms with E-state index in [4.69, 9.17) is 10.5 Å². The number of imidazole rings is 1. The second kappa shape index (κ2) is 7.63. The largest absolute Gasteiger partial charge is 0.445 e. The molecule has 2 aromatic heterocycles. The third-order valence-corrected chi connectivity index (χ3v) is 5.30. The minimum Gasteiger partial charge on any atom is -0.445 e. The molecule has 3 N–H and O–H groups in total. The number of carbonyl (C=O) groups excluding carboxylic acids is 1. The molecular formula is C18H19BrN6O3. The molecule has 3 heterocycles. The minimum absolute atomic E-state index is 0.0126. The normalized spacial score (nSPS) is 17.0. The summed E-state index contributed by atoms with van der Waals surface area (Å²) < 4.78 is 7.31. The molecule has 0 aliphatic carbocycles. The predicted molar refractivity (Wildman–Crippen MR) is 106 cm³/mol. The number of nitrogen functional groups attached to an aromatic ring is 1. The van der Waals surface area contributed by atoms with Crippen LogP contribution in [0.5, 0.6) is 0 Å². The summed E-state index contributed by atoms with van der Waals surface area (Å²) in [5, 5.41) is 4.19. The van der Waals surface area contributed by atoms with Crippen molar-refractivity contribution in [2.75, 3.05) is 18.8 Å². The molecule has 0 radical (unpaired) electrons. The van der Waals surface area contributed by atoms with Crippen LogP contribution in [0.15, 0.2) is 39.7 Å². The molecule has 28 heavy (non-hydrogen) atoms. The van der Waals surface area contributed by atoms with Gasteiger partial charge in [0.2, 0.25) is 5.95 Å². The maximum Gasteiger partial charge on any atom is 0.410 e. The molecule has 1 aliphatic rings. The smallest absolute Gasteiger partial charge is 0.410 e. The number of nitrogens with zero attached hydrogens (tertiary/aromatic N) is 4. The van der Waals surface area contributed by atoms with Gasteiger partial charge in [0.1, 0.15) is 17.0 Å². The molecule has 1 aromatic carbocycles. The van der Waals surface area contributed by atoms with E-state index in [0.717, 1.165) is 18.4 Å². The van der Waals surface area contributed by atoms with Crippen molar-refractivity contribution in [2.24, 2.45) is 0 Å². The van der Waals surface area contributed by atoms with E-state index < -0.39 is 0 Å². The van der Waals surface area contributed by atoms with Crippen LogP contribution in [0, 0.1) is 0 Å². The maximum absolute atomic E-state index is 12.5. The zero-order chi connectivity index (χ0) is 19.7. The van der Waals surface area contributed by atoms with Crippen LogP contribution in [-0.2, 0) is 11.3 Å². The third-order valence-electron chi connectivity index (χ3n) is 4.75. The van der Waals surface area contributed by atoms with E-state index >= 15 is 0 Å². The first-order chi connectivity index (χ1) is 13.5. The number of benzene rings is 1. The molecule has 1 aliphatic heterocycles. The fraction of sp³-hybridized carbons (Fsp3) is 0.333. The van der Waals surface area contributed by atoms with Crippen LogP contribution in [0.4, 0.5) is 10.7 Å². The van der Waals surface area contributed by atoms with Crippen molar-refractivity contribution < 1.29 is 9.53 Å². The van der Waals surface area contributed by atoms with E-state index in [9.17, 15) is 9.59 Å². The van der Waals surface area contributed by atoms with Crippen LogP contribution in [-0.4, -0.2) is 43.7 Å². The van der Waals surface area contributed by atoms with Gasteiger partial charge in [-0.25, -0.2) is 14.3 Å². The number of aromatic amines is 1. The van der Waals surface area contributed by atoms with Crippen LogP contribution < -0.4 is 11.3 Å². The van der Waals surface area contributed by atoms with Crippen molar-refractivity contribution in [3.8, 4) is 0 Å². The quantitative estimate of drug-likeness (QED) is 0.636. The van der Waals surface area contributed by atoms with Crippen molar-refractivity contribution in [1.82, 2.24) is 24.5 Å². The topological polar surface area (TPSA) is 119 Å². The van der Waals surface area contributed by atoms with Gasteiger partial charge in [0.05, 0.1) is 0 Å². The van der Waals surface area contributed by atoms with Crippen molar-refractivity contribution in [3.63, 3.8) is 0 Å². The van der Waals surface area contributed by atoms with Crippen LogP contribution >= 0.6 is 15.9 Å². The number of halogens is 1. The monoisotopic (exact) mass is 446 g/mol. The van der Waals surface area contributed by atoms with E-state index in [2.05, 4.69) is 31.0 Å². The molecule has 1 atom stereocenters. The molecule has 1 saturated heterocycles. The summed E-state index contributed by atoms with van der Waals surface area (Å²) in [6.45, 7) is 1.28. The van der Waals surface area contributed by atoms with Gasteiger partial charge in [-0.2, -0.15) is 0 Å². The molecular weight excluding hydrogens is 428 g/mol. The predicted octanol–water partition coefficient (Wildman–Crippen LogP) is 2.28. The Labute approximate surface area is 168 Å². The lowest BCUT2D eigenvalue weighted by atomic mass is 9.98. The summed E-state index contributed by atoms with van der Waals surface area (Å²) >= 11 is 3.32. The molecule has 1 fully saturated rings. The lowest BCUT2D eigenvalue weighted by Gasteiger charge is -2.31. The van der Waals surface area contributed by atoms with Gasteiger partial charge < -0.3 is 15.4 Å². The van der Waals surface area contributed by atoms with E-state index in [0.29, 0.717) is 29.0 Å². The maximum atomic E-state index is 12.5. The molecule has 146 valence electrons. The van der Waals surface area contributed by atoms with Gasteiger partial charge in [-0.3, -0.25) is 9.78 Å². The lowest BCUT2D eigenvalue weighted by Crippen LogP contribution is -2.40. The van der Waals surface area contributed by atoms with Crippen molar-refractivity contribution in [1.29, 1.82) is 0 Å². The molecule has 9 nitrogen and oxygen atoms in total. The third kappa shape index (κ3) is 3.59. The zero-order valence-corrected chi connectivity index (χ0v) is 16.6. The van der Waals surface area contributed by atoms with Crippen LogP contribution in [0.25, 0.3) is 5.52 Å². The summed E-state index contributed by atoms with van der Waals surface area (Å²) in [7, 11) is 0. The van der Waals surface area contributed by atoms with Crippen molar-refractivity contribution >= 4 is 33.5 Å². The van der Waals surface area contributed by atoms with Crippen molar-refractivity contribution in [2.45, 2.75) is 25.4 Å². The highest BCUT2D eigenvalue weighted by Gasteiger charge is 2.30. The molecule has 1 amide bonds. The number of anilines is 1. The van der Waals surface area contributed by atoms with E-state index in [1.165, 1.54) is 4.52 Å². The number of hydrogen-bond donors (Lipinski definition) is 2. The highest BCUT2D eigenvalue weighted by Crippen LogP contribution is 2.29. The number of H-pyrrole nitrogens is 1. The number of piperidine rings is 1. The number of nitrogens with two attached hydrogens (primary N) is 1. The lowest BCUT2D eigenvalue weighted by molar-refractivity contribution is 0.0852. The number of hydrogen-bond acceptors (Lipinski definition) is 6. The van der Waals surface area contributed by atoms with Gasteiger partial charge in [0.25, 0.3) is 5.56 Å².